The zero-order valence-corrected chi connectivity index (χ0v) is 16.4. The van der Waals surface area contributed by atoms with Gasteiger partial charge in [-0.05, 0) is 44.0 Å². The van der Waals surface area contributed by atoms with Gasteiger partial charge in [-0.2, -0.15) is 0 Å². The van der Waals surface area contributed by atoms with Crippen molar-refractivity contribution in [2.75, 3.05) is 25.0 Å². The highest BCUT2D eigenvalue weighted by atomic mass is 16.2. The van der Waals surface area contributed by atoms with Crippen molar-refractivity contribution in [3.05, 3.63) is 65.2 Å². The Morgan fingerprint density at radius 1 is 0.926 bits per heavy atom. The fraction of sp³-hybridized carbons (Fsp3) is 0.364. The van der Waals surface area contributed by atoms with Crippen LogP contribution in [0.5, 0.6) is 0 Å². The van der Waals surface area contributed by atoms with E-state index in [1.165, 1.54) is 5.56 Å². The van der Waals surface area contributed by atoms with Gasteiger partial charge in [0.05, 0.1) is 13.1 Å². The fourth-order valence-corrected chi connectivity index (χ4v) is 2.80. The molecule has 2 amide bonds. The van der Waals surface area contributed by atoms with Gasteiger partial charge in [0.2, 0.25) is 11.8 Å². The summed E-state index contributed by atoms with van der Waals surface area (Å²) < 4.78 is 0. The number of anilines is 1. The zero-order valence-electron chi connectivity index (χ0n) is 16.4. The average molecular weight is 367 g/mol. The van der Waals surface area contributed by atoms with Crippen LogP contribution in [0.1, 0.15) is 30.0 Å². The van der Waals surface area contributed by atoms with Crippen LogP contribution in [0.25, 0.3) is 0 Å². The van der Waals surface area contributed by atoms with Crippen molar-refractivity contribution in [3.63, 3.8) is 0 Å². The standard InChI is InChI=1S/C22H29N3O2/c1-4-13-25(16-22(27)24-20-8-6-5-7-18(20)3)15-21(26)23-14-19-11-9-17(2)10-12-19/h5-12H,4,13-16H2,1-3H3,(H,23,26)(H,24,27). The molecule has 2 aromatic rings. The zero-order chi connectivity index (χ0) is 19.6. The highest BCUT2D eigenvalue weighted by molar-refractivity contribution is 5.93. The Hall–Kier alpha value is -2.66. The topological polar surface area (TPSA) is 61.4 Å². The van der Waals surface area contributed by atoms with E-state index in [-0.39, 0.29) is 24.9 Å². The molecule has 2 rings (SSSR count). The van der Waals surface area contributed by atoms with Gasteiger partial charge in [0.1, 0.15) is 0 Å². The second-order valence-corrected chi connectivity index (χ2v) is 6.84. The van der Waals surface area contributed by atoms with Crippen LogP contribution in [0.4, 0.5) is 5.69 Å². The van der Waals surface area contributed by atoms with Gasteiger partial charge < -0.3 is 10.6 Å². The highest BCUT2D eigenvalue weighted by Crippen LogP contribution is 2.13. The molecular weight excluding hydrogens is 338 g/mol. The van der Waals surface area contributed by atoms with Gasteiger partial charge in [-0.3, -0.25) is 14.5 Å². The van der Waals surface area contributed by atoms with Gasteiger partial charge in [0.15, 0.2) is 0 Å². The Bertz CT molecular complexity index is 756. The summed E-state index contributed by atoms with van der Waals surface area (Å²) in [6.07, 6.45) is 0.878. The number of para-hydroxylation sites is 1. The molecule has 0 aliphatic heterocycles. The van der Waals surface area contributed by atoms with Crippen molar-refractivity contribution < 1.29 is 9.59 Å². The van der Waals surface area contributed by atoms with Gasteiger partial charge in [-0.15, -0.1) is 0 Å². The largest absolute Gasteiger partial charge is 0.351 e. The van der Waals surface area contributed by atoms with E-state index in [0.29, 0.717) is 13.1 Å². The molecule has 0 aliphatic carbocycles. The van der Waals surface area contributed by atoms with Gasteiger partial charge >= 0.3 is 0 Å². The third kappa shape index (κ3) is 7.23. The summed E-state index contributed by atoms with van der Waals surface area (Å²) in [4.78, 5) is 26.5. The van der Waals surface area contributed by atoms with Crippen LogP contribution >= 0.6 is 0 Å². The summed E-state index contributed by atoms with van der Waals surface area (Å²) in [6.45, 7) is 7.62. The van der Waals surface area contributed by atoms with Crippen molar-refractivity contribution in [3.8, 4) is 0 Å². The molecule has 27 heavy (non-hydrogen) atoms. The molecule has 0 atom stereocenters. The molecule has 0 bridgehead atoms. The van der Waals surface area contributed by atoms with Crippen molar-refractivity contribution in [2.24, 2.45) is 0 Å². The number of carbonyl (C=O) groups excluding carboxylic acids is 2. The molecular formula is C22H29N3O2. The number of hydrogen-bond donors (Lipinski definition) is 2. The molecule has 2 N–H and O–H groups in total. The minimum Gasteiger partial charge on any atom is -0.351 e. The van der Waals surface area contributed by atoms with E-state index in [0.717, 1.165) is 23.2 Å². The molecule has 0 unspecified atom stereocenters. The predicted octanol–water partition coefficient (Wildman–Crippen LogP) is 3.27. The quantitative estimate of drug-likeness (QED) is 0.715. The Morgan fingerprint density at radius 3 is 2.26 bits per heavy atom. The van der Waals surface area contributed by atoms with Crippen LogP contribution < -0.4 is 10.6 Å². The number of amides is 2. The Kier molecular flexibility index (Phi) is 8.01. The number of aryl methyl sites for hydroxylation is 2. The number of nitrogens with zero attached hydrogens (tertiary/aromatic N) is 1. The second-order valence-electron chi connectivity index (χ2n) is 6.84. The Labute approximate surface area is 161 Å². The summed E-state index contributed by atoms with van der Waals surface area (Å²) in [5, 5.41) is 5.85. The maximum atomic E-state index is 12.4. The molecule has 144 valence electrons. The smallest absolute Gasteiger partial charge is 0.238 e. The van der Waals surface area contributed by atoms with Gasteiger partial charge in [0.25, 0.3) is 0 Å². The first-order chi connectivity index (χ1) is 13.0. The number of carbonyl (C=O) groups is 2. The summed E-state index contributed by atoms with van der Waals surface area (Å²) in [5.41, 5.74) is 4.08. The summed E-state index contributed by atoms with van der Waals surface area (Å²) >= 11 is 0. The second kappa shape index (κ2) is 10.5. The van der Waals surface area contributed by atoms with Crippen molar-refractivity contribution >= 4 is 17.5 Å². The van der Waals surface area contributed by atoms with Crippen LogP contribution in [0.3, 0.4) is 0 Å². The normalized spacial score (nSPS) is 10.7. The van der Waals surface area contributed by atoms with Crippen LogP contribution in [0, 0.1) is 13.8 Å². The first-order valence-corrected chi connectivity index (χ1v) is 9.38. The number of rotatable bonds is 9. The summed E-state index contributed by atoms with van der Waals surface area (Å²) in [7, 11) is 0. The first-order valence-electron chi connectivity index (χ1n) is 9.38. The molecule has 2 aromatic carbocycles. The third-order valence-electron chi connectivity index (χ3n) is 4.30. The molecule has 0 saturated heterocycles. The van der Waals surface area contributed by atoms with E-state index in [9.17, 15) is 9.59 Å². The number of benzene rings is 2. The maximum absolute atomic E-state index is 12.4. The monoisotopic (exact) mass is 367 g/mol. The van der Waals surface area contributed by atoms with Crippen LogP contribution in [-0.4, -0.2) is 36.3 Å². The number of nitrogens with one attached hydrogen (secondary N) is 2. The van der Waals surface area contributed by atoms with Crippen LogP contribution in [-0.2, 0) is 16.1 Å². The lowest BCUT2D eigenvalue weighted by molar-refractivity contribution is -0.123. The average Bonchev–Trinajstić information content (AvgIpc) is 2.63. The number of hydrogen-bond acceptors (Lipinski definition) is 3. The Balaban J connectivity index is 1.84. The van der Waals surface area contributed by atoms with Crippen LogP contribution in [0.2, 0.25) is 0 Å². The lowest BCUT2D eigenvalue weighted by atomic mass is 10.1. The minimum absolute atomic E-state index is 0.0762. The van der Waals surface area contributed by atoms with Crippen molar-refractivity contribution in [2.45, 2.75) is 33.7 Å². The molecule has 0 radical (unpaired) electrons. The third-order valence-corrected chi connectivity index (χ3v) is 4.30. The lowest BCUT2D eigenvalue weighted by Crippen LogP contribution is -2.41. The predicted molar refractivity (Wildman–Crippen MR) is 110 cm³/mol. The van der Waals surface area contributed by atoms with E-state index in [4.69, 9.17) is 0 Å². The van der Waals surface area contributed by atoms with E-state index in [2.05, 4.69) is 10.6 Å². The van der Waals surface area contributed by atoms with Gasteiger partial charge in [0, 0.05) is 12.2 Å². The highest BCUT2D eigenvalue weighted by Gasteiger charge is 2.14. The van der Waals surface area contributed by atoms with E-state index in [1.807, 2.05) is 74.2 Å². The molecule has 0 fully saturated rings. The molecule has 0 spiro atoms. The summed E-state index contributed by atoms with van der Waals surface area (Å²) in [6, 6.07) is 15.7. The van der Waals surface area contributed by atoms with E-state index in [1.54, 1.807) is 0 Å². The lowest BCUT2D eigenvalue weighted by Gasteiger charge is -2.21. The van der Waals surface area contributed by atoms with Crippen LogP contribution in [0.15, 0.2) is 48.5 Å². The Morgan fingerprint density at radius 2 is 1.59 bits per heavy atom. The minimum atomic E-state index is -0.107. The SMILES string of the molecule is CCCN(CC(=O)NCc1ccc(C)cc1)CC(=O)Nc1ccccc1C. The van der Waals surface area contributed by atoms with E-state index < -0.39 is 0 Å². The maximum Gasteiger partial charge on any atom is 0.238 e. The molecule has 0 aliphatic rings. The molecule has 0 saturated carbocycles. The van der Waals surface area contributed by atoms with Crippen molar-refractivity contribution in [1.29, 1.82) is 0 Å². The van der Waals surface area contributed by atoms with Gasteiger partial charge in [-0.1, -0.05) is 55.0 Å². The fourth-order valence-electron chi connectivity index (χ4n) is 2.80. The first kappa shape index (κ1) is 20.6. The van der Waals surface area contributed by atoms with Gasteiger partial charge in [-0.25, -0.2) is 0 Å². The van der Waals surface area contributed by atoms with Crippen molar-refractivity contribution in [1.82, 2.24) is 10.2 Å². The molecule has 5 nitrogen and oxygen atoms in total. The molecule has 0 aromatic heterocycles. The summed E-state index contributed by atoms with van der Waals surface area (Å²) in [5.74, 6) is -0.184. The van der Waals surface area contributed by atoms with E-state index >= 15 is 0 Å². The molecule has 0 heterocycles. The molecule has 5 heteroatoms.